The van der Waals surface area contributed by atoms with Gasteiger partial charge in [0.15, 0.2) is 0 Å². The molecular weight excluding hydrogens is 314 g/mol. The highest BCUT2D eigenvalue weighted by Gasteiger charge is 2.33. The molecule has 114 valence electrons. The molecule has 7 nitrogen and oxygen atoms in total. The second kappa shape index (κ2) is 5.54. The minimum Gasteiger partial charge on any atom is -0.399 e. The van der Waals surface area contributed by atoms with Crippen molar-refractivity contribution in [1.82, 2.24) is 0 Å². The molecule has 9 heteroatoms. The van der Waals surface area contributed by atoms with E-state index in [1.54, 1.807) is 0 Å². The molecule has 1 aliphatic heterocycles. The number of nitrogen functional groups attached to an aromatic ring is 1. The zero-order chi connectivity index (χ0) is 15.7. The Kier molecular flexibility index (Phi) is 4.11. The molecule has 1 fully saturated rings. The van der Waals surface area contributed by atoms with E-state index in [-0.39, 0.29) is 35.6 Å². The van der Waals surface area contributed by atoms with Gasteiger partial charge in [-0.3, -0.25) is 4.72 Å². The van der Waals surface area contributed by atoms with Gasteiger partial charge in [0.05, 0.1) is 28.0 Å². The summed E-state index contributed by atoms with van der Waals surface area (Å²) in [6.07, 6.45) is 0.128. The van der Waals surface area contributed by atoms with E-state index in [2.05, 4.69) is 4.72 Å². The Morgan fingerprint density at radius 3 is 2.48 bits per heavy atom. The van der Waals surface area contributed by atoms with Gasteiger partial charge in [-0.25, -0.2) is 16.8 Å². The minimum atomic E-state index is -3.74. The van der Waals surface area contributed by atoms with E-state index in [9.17, 15) is 16.8 Å². The Bertz CT molecular complexity index is 780. The average molecular weight is 329 g/mol. The minimum absolute atomic E-state index is 0.0640. The molecule has 1 aromatic carbocycles. The van der Waals surface area contributed by atoms with Crippen LogP contribution in [0.2, 0.25) is 0 Å². The van der Waals surface area contributed by atoms with Gasteiger partial charge in [-0.05, 0) is 31.0 Å². The van der Waals surface area contributed by atoms with Crippen LogP contribution in [0.4, 0.5) is 11.4 Å². The van der Waals surface area contributed by atoms with Crippen LogP contribution in [0.5, 0.6) is 0 Å². The summed E-state index contributed by atoms with van der Waals surface area (Å²) in [6.45, 7) is 0. The summed E-state index contributed by atoms with van der Waals surface area (Å²) in [4.78, 5) is 0. The van der Waals surface area contributed by atoms with E-state index in [0.29, 0.717) is 5.69 Å². The third-order valence-electron chi connectivity index (χ3n) is 3.36. The van der Waals surface area contributed by atoms with Gasteiger partial charge in [-0.1, -0.05) is 0 Å². The number of hydrogen-bond acceptors (Lipinski definition) is 6. The molecule has 1 saturated heterocycles. The number of sulfone groups is 1. The number of rotatable bonds is 3. The van der Waals surface area contributed by atoms with Crippen molar-refractivity contribution in [1.29, 1.82) is 5.26 Å². The lowest BCUT2D eigenvalue weighted by atomic mass is 10.2. The van der Waals surface area contributed by atoms with Crippen molar-refractivity contribution >= 4 is 31.2 Å². The second-order valence-corrected chi connectivity index (χ2v) is 9.18. The van der Waals surface area contributed by atoms with Gasteiger partial charge in [0.1, 0.15) is 15.9 Å². The predicted octanol–water partition coefficient (Wildman–Crippen LogP) is 0.459. The number of benzene rings is 1. The van der Waals surface area contributed by atoms with E-state index in [1.807, 2.05) is 6.07 Å². The van der Waals surface area contributed by atoms with E-state index in [4.69, 9.17) is 11.0 Å². The van der Waals surface area contributed by atoms with Crippen molar-refractivity contribution < 1.29 is 16.8 Å². The Hall–Kier alpha value is -1.79. The summed E-state index contributed by atoms with van der Waals surface area (Å²) >= 11 is 0. The molecule has 1 aliphatic rings. The number of nitrogens with zero attached hydrogens (tertiary/aromatic N) is 1. The summed E-state index contributed by atoms with van der Waals surface area (Å²) in [7, 11) is -6.87. The number of nitrogens with two attached hydrogens (primary N) is 1. The maximum atomic E-state index is 12.3. The van der Waals surface area contributed by atoms with Crippen molar-refractivity contribution in [2.24, 2.45) is 0 Å². The molecule has 0 aliphatic carbocycles. The Morgan fingerprint density at radius 1 is 1.29 bits per heavy atom. The fraction of sp³-hybridized carbons (Fsp3) is 0.417. The monoisotopic (exact) mass is 329 g/mol. The lowest BCUT2D eigenvalue weighted by Gasteiger charge is -2.23. The molecule has 1 heterocycles. The fourth-order valence-corrected chi connectivity index (χ4v) is 5.46. The van der Waals surface area contributed by atoms with Crippen molar-refractivity contribution in [3.63, 3.8) is 0 Å². The Labute approximate surface area is 123 Å². The van der Waals surface area contributed by atoms with E-state index >= 15 is 0 Å². The Morgan fingerprint density at radius 2 is 1.90 bits per heavy atom. The first-order valence-electron chi connectivity index (χ1n) is 6.25. The largest absolute Gasteiger partial charge is 0.399 e. The molecule has 0 radical (unpaired) electrons. The molecule has 1 aromatic rings. The maximum Gasteiger partial charge on any atom is 0.235 e. The van der Waals surface area contributed by atoms with E-state index in [1.165, 1.54) is 18.2 Å². The molecule has 0 saturated carbocycles. The molecular formula is C12H15N3O4S2. The molecule has 0 bridgehead atoms. The third-order valence-corrected chi connectivity index (χ3v) is 6.93. The maximum absolute atomic E-state index is 12.3. The first kappa shape index (κ1) is 15.6. The van der Waals surface area contributed by atoms with Gasteiger partial charge in [0, 0.05) is 5.69 Å². The molecule has 0 amide bonds. The summed E-state index contributed by atoms with van der Waals surface area (Å²) in [5, 5.41) is 8.23. The second-order valence-electron chi connectivity index (χ2n) is 4.92. The molecule has 0 unspecified atom stereocenters. The van der Waals surface area contributed by atoms with Crippen LogP contribution in [-0.4, -0.2) is 33.6 Å². The molecule has 21 heavy (non-hydrogen) atoms. The fourth-order valence-electron chi connectivity index (χ4n) is 2.16. The van der Waals surface area contributed by atoms with Crippen LogP contribution >= 0.6 is 0 Å². The normalized spacial score (nSPS) is 18.8. The number of sulfonamides is 1. The highest BCUT2D eigenvalue weighted by atomic mass is 32.2. The van der Waals surface area contributed by atoms with Gasteiger partial charge < -0.3 is 5.73 Å². The van der Waals surface area contributed by atoms with Crippen LogP contribution in [0.15, 0.2) is 18.2 Å². The lowest BCUT2D eigenvalue weighted by Crippen LogP contribution is -2.36. The summed E-state index contributed by atoms with van der Waals surface area (Å²) in [6, 6.07) is 6.16. The first-order valence-corrected chi connectivity index (χ1v) is 9.62. The Balaban J connectivity index is 2.21. The smallest absolute Gasteiger partial charge is 0.235 e. The van der Waals surface area contributed by atoms with Crippen molar-refractivity contribution in [3.8, 4) is 6.07 Å². The van der Waals surface area contributed by atoms with Gasteiger partial charge in [0.2, 0.25) is 10.0 Å². The van der Waals surface area contributed by atoms with Crippen LogP contribution in [0.1, 0.15) is 18.4 Å². The number of hydrogen-bond donors (Lipinski definition) is 2. The highest BCUT2D eigenvalue weighted by molar-refractivity contribution is 7.94. The summed E-state index contributed by atoms with van der Waals surface area (Å²) in [5.41, 5.74) is 6.18. The van der Waals surface area contributed by atoms with Crippen LogP contribution in [0.3, 0.4) is 0 Å². The number of nitrogens with one attached hydrogen (secondary N) is 1. The number of nitriles is 1. The molecule has 3 N–H and O–H groups in total. The van der Waals surface area contributed by atoms with Crippen molar-refractivity contribution in [2.75, 3.05) is 22.0 Å². The third kappa shape index (κ3) is 3.65. The SMILES string of the molecule is N#Cc1cc(N)ccc1NS(=O)(=O)C1CCS(=O)(=O)CC1. The molecule has 0 atom stereocenters. The van der Waals surface area contributed by atoms with Gasteiger partial charge in [-0.15, -0.1) is 0 Å². The van der Waals surface area contributed by atoms with E-state index in [0.717, 1.165) is 0 Å². The van der Waals surface area contributed by atoms with Gasteiger partial charge in [0.25, 0.3) is 0 Å². The standard InChI is InChI=1S/C12H15N3O4S2/c13-8-9-7-10(14)1-2-12(9)15-21(18,19)11-3-5-20(16,17)6-4-11/h1-2,7,11,15H,3-6,14H2. The first-order chi connectivity index (χ1) is 9.73. The lowest BCUT2D eigenvalue weighted by molar-refractivity contribution is 0.555. The quantitative estimate of drug-likeness (QED) is 0.775. The van der Waals surface area contributed by atoms with E-state index < -0.39 is 25.1 Å². The van der Waals surface area contributed by atoms with Crippen LogP contribution in [0, 0.1) is 11.3 Å². The summed E-state index contributed by atoms with van der Waals surface area (Å²) in [5.74, 6) is -0.267. The van der Waals surface area contributed by atoms with Crippen LogP contribution in [0.25, 0.3) is 0 Å². The predicted molar refractivity (Wildman–Crippen MR) is 79.8 cm³/mol. The molecule has 0 spiro atoms. The van der Waals surface area contributed by atoms with Gasteiger partial charge >= 0.3 is 0 Å². The van der Waals surface area contributed by atoms with Crippen molar-refractivity contribution in [3.05, 3.63) is 23.8 Å². The van der Waals surface area contributed by atoms with Gasteiger partial charge in [-0.2, -0.15) is 5.26 Å². The topological polar surface area (TPSA) is 130 Å². The number of anilines is 2. The van der Waals surface area contributed by atoms with Crippen LogP contribution in [-0.2, 0) is 19.9 Å². The summed E-state index contributed by atoms with van der Waals surface area (Å²) < 4.78 is 49.6. The zero-order valence-corrected chi connectivity index (χ0v) is 12.7. The average Bonchev–Trinajstić information content (AvgIpc) is 2.40. The zero-order valence-electron chi connectivity index (χ0n) is 11.1. The highest BCUT2D eigenvalue weighted by Crippen LogP contribution is 2.24. The molecule has 2 rings (SSSR count). The van der Waals surface area contributed by atoms with Crippen molar-refractivity contribution in [2.45, 2.75) is 18.1 Å². The molecule has 0 aromatic heterocycles. The van der Waals surface area contributed by atoms with Crippen LogP contribution < -0.4 is 10.5 Å².